The number of hydrogen-bond donors (Lipinski definition) is 2. The number of carbonyl (C=O) groups is 1. The van der Waals surface area contributed by atoms with Gasteiger partial charge in [-0.3, -0.25) is 10.1 Å². The van der Waals surface area contributed by atoms with E-state index in [1.54, 1.807) is 13.8 Å². The summed E-state index contributed by atoms with van der Waals surface area (Å²) in [5.41, 5.74) is -0.848. The molecule has 0 radical (unpaired) electrons. The lowest BCUT2D eigenvalue weighted by Crippen LogP contribution is -2.30. The van der Waals surface area contributed by atoms with E-state index in [0.29, 0.717) is 0 Å². The Labute approximate surface area is 158 Å². The number of unbranched alkanes of at least 4 members (excludes halogenated alkanes) is 1. The second-order valence-corrected chi connectivity index (χ2v) is 8.30. The summed E-state index contributed by atoms with van der Waals surface area (Å²) in [5, 5.41) is 19.1. The smallest absolute Gasteiger partial charge is 0.434 e. The van der Waals surface area contributed by atoms with Gasteiger partial charge in [0, 0.05) is 18.0 Å². The Balaban J connectivity index is 2.72. The quantitative estimate of drug-likeness (QED) is 0.262. The number of nitro benzene ring substituents is 1. The SMILES string of the molecule is CCCCOC(=O)OCC(C)(C)CNc1ccc(S(N)(=O)=O)cc1[N+](=O)[O-]. The second kappa shape index (κ2) is 9.51. The van der Waals surface area contributed by atoms with Crippen LogP contribution in [0.25, 0.3) is 0 Å². The third kappa shape index (κ3) is 7.79. The maximum Gasteiger partial charge on any atom is 0.508 e. The number of ether oxygens (including phenoxy) is 2. The van der Waals surface area contributed by atoms with Crippen LogP contribution in [0, 0.1) is 15.5 Å². The number of sulfonamides is 1. The van der Waals surface area contributed by atoms with E-state index in [0.717, 1.165) is 18.9 Å². The van der Waals surface area contributed by atoms with E-state index in [1.165, 1.54) is 12.1 Å². The lowest BCUT2D eigenvalue weighted by atomic mass is 9.94. The minimum absolute atomic E-state index is 0.0357. The Morgan fingerprint density at radius 1 is 1.33 bits per heavy atom. The molecule has 0 amide bonds. The number of primary sulfonamides is 1. The van der Waals surface area contributed by atoms with Crippen molar-refractivity contribution in [2.75, 3.05) is 25.1 Å². The maximum atomic E-state index is 11.5. The van der Waals surface area contributed by atoms with Crippen LogP contribution in [0.15, 0.2) is 23.1 Å². The molecule has 0 saturated heterocycles. The van der Waals surface area contributed by atoms with E-state index in [4.69, 9.17) is 14.6 Å². The highest BCUT2D eigenvalue weighted by Crippen LogP contribution is 2.28. The van der Waals surface area contributed by atoms with E-state index in [2.05, 4.69) is 5.32 Å². The Hall–Kier alpha value is -2.40. The van der Waals surface area contributed by atoms with Crippen LogP contribution in [-0.2, 0) is 19.5 Å². The van der Waals surface area contributed by atoms with Crippen molar-refractivity contribution < 1.29 is 27.6 Å². The highest BCUT2D eigenvalue weighted by molar-refractivity contribution is 7.89. The first-order valence-electron chi connectivity index (χ1n) is 8.31. The molecule has 1 rings (SSSR count). The Morgan fingerprint density at radius 3 is 2.56 bits per heavy atom. The van der Waals surface area contributed by atoms with Crippen molar-refractivity contribution in [3.8, 4) is 0 Å². The van der Waals surface area contributed by atoms with Crippen LogP contribution in [0.4, 0.5) is 16.2 Å². The number of carbonyl (C=O) groups excluding carboxylic acids is 1. The molecule has 152 valence electrons. The van der Waals surface area contributed by atoms with Gasteiger partial charge in [-0.15, -0.1) is 0 Å². The predicted molar refractivity (Wildman–Crippen MR) is 98.9 cm³/mol. The van der Waals surface area contributed by atoms with Gasteiger partial charge in [-0.05, 0) is 18.6 Å². The molecule has 0 atom stereocenters. The van der Waals surface area contributed by atoms with Crippen molar-refractivity contribution in [1.29, 1.82) is 0 Å². The normalized spacial score (nSPS) is 11.7. The minimum atomic E-state index is -4.05. The van der Waals surface area contributed by atoms with Crippen LogP contribution < -0.4 is 10.5 Å². The van der Waals surface area contributed by atoms with Crippen LogP contribution in [0.2, 0.25) is 0 Å². The molecular formula is C16H25N3O7S. The molecule has 1 aromatic carbocycles. The van der Waals surface area contributed by atoms with Crippen molar-refractivity contribution in [3.05, 3.63) is 28.3 Å². The molecule has 0 fully saturated rings. The number of nitro groups is 1. The van der Waals surface area contributed by atoms with E-state index >= 15 is 0 Å². The van der Waals surface area contributed by atoms with Crippen LogP contribution >= 0.6 is 0 Å². The first-order chi connectivity index (χ1) is 12.5. The molecule has 11 heteroatoms. The highest BCUT2D eigenvalue weighted by Gasteiger charge is 2.24. The summed E-state index contributed by atoms with van der Waals surface area (Å²) in [5.74, 6) is 0. The molecule has 10 nitrogen and oxygen atoms in total. The fourth-order valence-corrected chi connectivity index (χ4v) is 2.50. The van der Waals surface area contributed by atoms with Gasteiger partial charge in [-0.2, -0.15) is 0 Å². The Kier molecular flexibility index (Phi) is 7.98. The van der Waals surface area contributed by atoms with Crippen molar-refractivity contribution in [2.24, 2.45) is 10.6 Å². The average molecular weight is 403 g/mol. The average Bonchev–Trinajstić information content (AvgIpc) is 2.57. The summed E-state index contributed by atoms with van der Waals surface area (Å²) >= 11 is 0. The summed E-state index contributed by atoms with van der Waals surface area (Å²) in [6.07, 6.45) is 0.879. The number of rotatable bonds is 10. The molecule has 0 unspecified atom stereocenters. The van der Waals surface area contributed by atoms with Crippen molar-refractivity contribution in [3.63, 3.8) is 0 Å². The fourth-order valence-electron chi connectivity index (χ4n) is 1.97. The fraction of sp³-hybridized carbons (Fsp3) is 0.562. The zero-order chi connectivity index (χ0) is 20.7. The summed E-state index contributed by atoms with van der Waals surface area (Å²) in [7, 11) is -4.05. The first kappa shape index (κ1) is 22.6. The maximum absolute atomic E-state index is 11.5. The summed E-state index contributed by atoms with van der Waals surface area (Å²) in [6.45, 7) is 6.11. The van der Waals surface area contributed by atoms with Gasteiger partial charge in [-0.1, -0.05) is 27.2 Å². The summed E-state index contributed by atoms with van der Waals surface area (Å²) < 4.78 is 32.7. The van der Waals surface area contributed by atoms with Crippen LogP contribution in [0.5, 0.6) is 0 Å². The van der Waals surface area contributed by atoms with Gasteiger partial charge >= 0.3 is 6.16 Å². The number of hydrogen-bond acceptors (Lipinski definition) is 8. The highest BCUT2D eigenvalue weighted by atomic mass is 32.2. The van der Waals surface area contributed by atoms with E-state index in [-0.39, 0.29) is 30.3 Å². The number of benzene rings is 1. The summed E-state index contributed by atoms with van der Waals surface area (Å²) in [6, 6.07) is 3.35. The zero-order valence-corrected chi connectivity index (χ0v) is 16.4. The van der Waals surface area contributed by atoms with Gasteiger partial charge < -0.3 is 14.8 Å². The number of nitrogens with one attached hydrogen (secondary N) is 1. The van der Waals surface area contributed by atoms with Crippen molar-refractivity contribution in [2.45, 2.75) is 38.5 Å². The molecule has 1 aromatic rings. The summed E-state index contributed by atoms with van der Waals surface area (Å²) in [4.78, 5) is 21.6. The molecule has 27 heavy (non-hydrogen) atoms. The lowest BCUT2D eigenvalue weighted by Gasteiger charge is -2.24. The van der Waals surface area contributed by atoms with Gasteiger partial charge in [-0.25, -0.2) is 18.4 Å². The van der Waals surface area contributed by atoms with Gasteiger partial charge in [0.15, 0.2) is 0 Å². The number of nitrogens with two attached hydrogens (primary N) is 1. The zero-order valence-electron chi connectivity index (χ0n) is 15.6. The topological polar surface area (TPSA) is 151 Å². The van der Waals surface area contributed by atoms with Gasteiger partial charge in [0.05, 0.1) is 16.4 Å². The Bertz CT molecular complexity index is 778. The first-order valence-corrected chi connectivity index (χ1v) is 9.85. The third-order valence-corrected chi connectivity index (χ3v) is 4.46. The molecule has 0 aromatic heterocycles. The molecule has 0 saturated carbocycles. The molecule has 0 aliphatic heterocycles. The van der Waals surface area contributed by atoms with Gasteiger partial charge in [0.1, 0.15) is 12.3 Å². The Morgan fingerprint density at radius 2 is 2.00 bits per heavy atom. The van der Waals surface area contributed by atoms with Gasteiger partial charge in [0.25, 0.3) is 5.69 Å². The third-order valence-electron chi connectivity index (χ3n) is 3.55. The van der Waals surface area contributed by atoms with Crippen molar-refractivity contribution in [1.82, 2.24) is 0 Å². The molecule has 0 aliphatic rings. The molecule has 3 N–H and O–H groups in total. The number of nitrogens with zero attached hydrogens (tertiary/aromatic N) is 1. The van der Waals surface area contributed by atoms with E-state index in [9.17, 15) is 23.3 Å². The molecular weight excluding hydrogens is 378 g/mol. The standard InChI is InChI=1S/C16H25N3O7S/c1-4-5-8-25-15(20)26-11-16(2,3)10-18-13-7-6-12(27(17,23)24)9-14(13)19(21)22/h6-7,9,18H,4-5,8,10-11H2,1-3H3,(H2,17,23,24). The predicted octanol–water partition coefficient (Wildman–Crippen LogP) is 2.63. The van der Waals surface area contributed by atoms with Crippen LogP contribution in [-0.4, -0.2) is 39.3 Å². The second-order valence-electron chi connectivity index (χ2n) is 6.74. The number of anilines is 1. The lowest BCUT2D eigenvalue weighted by molar-refractivity contribution is -0.384. The molecule has 0 aliphatic carbocycles. The van der Waals surface area contributed by atoms with Crippen LogP contribution in [0.1, 0.15) is 33.6 Å². The molecule has 0 heterocycles. The van der Waals surface area contributed by atoms with E-state index < -0.39 is 32.2 Å². The van der Waals surface area contributed by atoms with E-state index in [1.807, 2.05) is 6.92 Å². The van der Waals surface area contributed by atoms with Gasteiger partial charge in [0.2, 0.25) is 10.0 Å². The van der Waals surface area contributed by atoms with Crippen LogP contribution in [0.3, 0.4) is 0 Å². The van der Waals surface area contributed by atoms with Crippen molar-refractivity contribution >= 4 is 27.6 Å². The monoisotopic (exact) mass is 403 g/mol. The largest absolute Gasteiger partial charge is 0.508 e. The molecule has 0 spiro atoms. The minimum Gasteiger partial charge on any atom is -0.434 e. The molecule has 0 bridgehead atoms.